The molecule has 380 valence electrons. The summed E-state index contributed by atoms with van der Waals surface area (Å²) < 4.78 is 10.9. The summed E-state index contributed by atoms with van der Waals surface area (Å²) in [6.07, 6.45) is 11.1. The van der Waals surface area contributed by atoms with Crippen molar-refractivity contribution in [2.45, 2.75) is 63.5 Å². The molecule has 0 aliphatic carbocycles. The van der Waals surface area contributed by atoms with Crippen LogP contribution in [0.4, 0.5) is 34.4 Å². The van der Waals surface area contributed by atoms with Crippen molar-refractivity contribution in [3.05, 3.63) is 131 Å². The van der Waals surface area contributed by atoms with Crippen LogP contribution in [0.3, 0.4) is 0 Å². The molecular weight excluding hydrogens is 976 g/mol. The van der Waals surface area contributed by atoms with E-state index in [9.17, 15) is 10.2 Å². The molecule has 4 unspecified atom stereocenters. The number of Topliss-reactive ketones (excluding diaryl/α,β-unsaturated/α-hetero) is 1. The summed E-state index contributed by atoms with van der Waals surface area (Å²) in [7, 11) is 2.95. The number of halogens is 2. The molecule has 17 heteroatoms. The van der Waals surface area contributed by atoms with Gasteiger partial charge in [0.15, 0.2) is 23.0 Å². The zero-order chi connectivity index (χ0) is 51.8. The fourth-order valence-electron chi connectivity index (χ4n) is 10.2. The maximum Gasteiger partial charge on any atom is 0.176 e. The molecule has 10 rings (SSSR count). The first-order valence-corrected chi connectivity index (χ1v) is 25.5. The summed E-state index contributed by atoms with van der Waals surface area (Å²) in [5.74, 6) is 0.384. The second-order valence-electron chi connectivity index (χ2n) is 19.3. The monoisotopic (exact) mass is 1030 g/mol. The first kappa shape index (κ1) is 50.1. The molecule has 0 spiro atoms. The van der Waals surface area contributed by atoms with Gasteiger partial charge in [0, 0.05) is 84.4 Å². The number of carbonyl (C=O) groups is 1. The lowest BCUT2D eigenvalue weighted by Crippen LogP contribution is -2.43. The summed E-state index contributed by atoms with van der Waals surface area (Å²) in [4.78, 5) is 39.4. The number of anilines is 6. The molecular formula is C57H58Cl2N10O5. The third-order valence-electron chi connectivity index (χ3n) is 14.3. The Morgan fingerprint density at radius 1 is 0.608 bits per heavy atom. The topological polar surface area (TPSA) is 210 Å². The second-order valence-corrected chi connectivity index (χ2v) is 20.1. The van der Waals surface area contributed by atoms with Crippen LogP contribution in [0.25, 0.3) is 44.1 Å². The van der Waals surface area contributed by atoms with Gasteiger partial charge in [-0.1, -0.05) is 49.2 Å². The van der Waals surface area contributed by atoms with E-state index in [1.165, 1.54) is 14.2 Å². The Morgan fingerprint density at radius 3 is 1.42 bits per heavy atom. The molecule has 8 aromatic rings. The number of hydrogen-bond acceptors (Lipinski definition) is 15. The number of hydrogen-bond donors (Lipinski definition) is 6. The first-order valence-electron chi connectivity index (χ1n) is 24.8. The molecule has 4 atom stereocenters. The Labute approximate surface area is 439 Å². The molecule has 6 heterocycles. The van der Waals surface area contributed by atoms with Gasteiger partial charge in [-0.3, -0.25) is 14.8 Å². The molecule has 4 aromatic heterocycles. The molecule has 74 heavy (non-hydrogen) atoms. The van der Waals surface area contributed by atoms with Gasteiger partial charge in [-0.15, -0.1) is 0 Å². The van der Waals surface area contributed by atoms with E-state index < -0.39 is 11.8 Å². The molecule has 0 saturated carbocycles. The predicted molar refractivity (Wildman–Crippen MR) is 297 cm³/mol. The van der Waals surface area contributed by atoms with Gasteiger partial charge >= 0.3 is 0 Å². The third kappa shape index (κ3) is 10.1. The fraction of sp³-hybridized carbons (Fsp3) is 0.281. The normalized spacial score (nSPS) is 16.8. The van der Waals surface area contributed by atoms with Gasteiger partial charge in [-0.25, -0.2) is 9.97 Å². The number of phenolic OH excluding ortho intramolecular Hbond substituents is 2. The Kier molecular flexibility index (Phi) is 14.4. The lowest BCUT2D eigenvalue weighted by molar-refractivity contribution is -0.121. The minimum absolute atomic E-state index is 0.0827. The van der Waals surface area contributed by atoms with E-state index in [0.717, 1.165) is 85.4 Å². The maximum atomic E-state index is 15.4. The molecule has 8 N–H and O–H groups in total. The van der Waals surface area contributed by atoms with Gasteiger partial charge in [0.25, 0.3) is 0 Å². The van der Waals surface area contributed by atoms with E-state index in [2.05, 4.69) is 20.4 Å². The number of nitrogens with zero attached hydrogens (tertiary/aromatic N) is 6. The smallest absolute Gasteiger partial charge is 0.176 e. The molecule has 0 radical (unpaired) electrons. The van der Waals surface area contributed by atoms with Crippen LogP contribution in [0.5, 0.6) is 23.0 Å². The van der Waals surface area contributed by atoms with Crippen LogP contribution in [0.2, 0.25) is 10.0 Å². The highest BCUT2D eigenvalue weighted by atomic mass is 35.5. The van der Waals surface area contributed by atoms with Gasteiger partial charge < -0.3 is 51.6 Å². The van der Waals surface area contributed by atoms with Crippen LogP contribution in [0.15, 0.2) is 110 Å². The molecule has 2 fully saturated rings. The van der Waals surface area contributed by atoms with Crippen molar-refractivity contribution in [3.8, 4) is 45.3 Å². The quantitative estimate of drug-likeness (QED) is 0.0598. The van der Waals surface area contributed by atoms with Crippen molar-refractivity contribution >= 4 is 85.2 Å². The largest absolute Gasteiger partial charge is 0.503 e. The van der Waals surface area contributed by atoms with Crippen molar-refractivity contribution in [2.24, 2.45) is 11.5 Å². The number of ether oxygens (including phenoxy) is 2. The standard InChI is InChI=1S/C57H58Cl2N10O5/c1-31(43-27-62-47-13-9-33(35-21-45(58)56(71)49(23-35)73-3)19-41(47)53(43)66-39-11-15-51(64-25-39)68-17-5-7-37(60)29-68)55(70)32(2)44-28-63-48-14-10-34(36-22-46(59)57(72)50(24-36)74-4)20-42(48)54(44)67-40-12-16-52(65-26-40)69-18-6-8-38(61)30-69/h9-16,19-28,31-32,37-38,71-72H,5-8,17-18,29-30,60-61H2,1-4H3,(H,62,66)(H,63,67). The third-order valence-corrected chi connectivity index (χ3v) is 14.9. The lowest BCUT2D eigenvalue weighted by Gasteiger charge is -2.31. The minimum Gasteiger partial charge on any atom is -0.503 e. The van der Waals surface area contributed by atoms with Crippen molar-refractivity contribution in [2.75, 3.05) is 60.8 Å². The summed E-state index contributed by atoms with van der Waals surface area (Å²) in [6, 6.07) is 26.7. The first-order chi connectivity index (χ1) is 35.8. The minimum atomic E-state index is -0.698. The number of rotatable bonds is 14. The van der Waals surface area contributed by atoms with Crippen molar-refractivity contribution < 1.29 is 24.5 Å². The number of aromatic hydroxyl groups is 2. The van der Waals surface area contributed by atoms with E-state index >= 15 is 4.79 Å². The lowest BCUT2D eigenvalue weighted by atomic mass is 9.84. The van der Waals surface area contributed by atoms with E-state index in [1.807, 2.05) is 74.5 Å². The molecule has 4 aromatic carbocycles. The number of nitrogens with one attached hydrogen (secondary N) is 2. The number of ketones is 1. The number of methoxy groups -OCH3 is 2. The average molecular weight is 1030 g/mol. The average Bonchev–Trinajstić information content (AvgIpc) is 3.42. The van der Waals surface area contributed by atoms with Crippen LogP contribution in [0.1, 0.15) is 62.5 Å². The number of phenols is 2. The number of fused-ring (bicyclic) bond motifs is 2. The zero-order valence-corrected chi connectivity index (χ0v) is 43.1. The highest BCUT2D eigenvalue weighted by Gasteiger charge is 2.30. The molecule has 2 aliphatic heterocycles. The molecule has 2 saturated heterocycles. The summed E-state index contributed by atoms with van der Waals surface area (Å²) >= 11 is 13.0. The van der Waals surface area contributed by atoms with Crippen LogP contribution in [-0.2, 0) is 4.79 Å². The number of nitrogens with two attached hydrogens (primary N) is 2. The second kappa shape index (κ2) is 21.2. The van der Waals surface area contributed by atoms with Gasteiger partial charge in [-0.05, 0) is 121 Å². The fourth-order valence-corrected chi connectivity index (χ4v) is 10.6. The number of piperidine rings is 2. The van der Waals surface area contributed by atoms with Crippen LogP contribution in [0, 0.1) is 0 Å². The molecule has 0 bridgehead atoms. The van der Waals surface area contributed by atoms with Crippen LogP contribution < -0.4 is 41.4 Å². The zero-order valence-electron chi connectivity index (χ0n) is 41.6. The summed E-state index contributed by atoms with van der Waals surface area (Å²) in [5.41, 5.74) is 21.2. The Bertz CT molecular complexity index is 3180. The Morgan fingerprint density at radius 2 is 1.04 bits per heavy atom. The number of aromatic nitrogens is 4. The van der Waals surface area contributed by atoms with Crippen molar-refractivity contribution in [1.29, 1.82) is 0 Å². The maximum absolute atomic E-state index is 15.4. The molecule has 0 amide bonds. The van der Waals surface area contributed by atoms with Crippen LogP contribution in [-0.4, -0.2) is 88.4 Å². The Hall–Kier alpha value is -7.43. The number of pyridine rings is 4. The van der Waals surface area contributed by atoms with Gasteiger partial charge in [0.1, 0.15) is 17.4 Å². The SMILES string of the molecule is COc1cc(-c2ccc3ncc(C(C)C(=O)C(C)c4cnc5ccc(-c6cc(Cl)c(O)c(OC)c6)cc5c4Nc4ccc(N5CCCC(N)C5)nc4)c(Nc4ccc(N5CCCC(N)C5)nc4)c3c2)cc(Cl)c1O. The van der Waals surface area contributed by atoms with E-state index in [0.29, 0.717) is 56.0 Å². The summed E-state index contributed by atoms with van der Waals surface area (Å²) in [5, 5.41) is 30.3. The summed E-state index contributed by atoms with van der Waals surface area (Å²) in [6.45, 7) is 7.03. The number of carbonyl (C=O) groups excluding carboxylic acids is 1. The van der Waals surface area contributed by atoms with E-state index in [4.69, 9.17) is 64.1 Å². The van der Waals surface area contributed by atoms with Crippen molar-refractivity contribution in [1.82, 2.24) is 19.9 Å². The molecule has 2 aliphatic rings. The predicted octanol–water partition coefficient (Wildman–Crippen LogP) is 11.5. The van der Waals surface area contributed by atoms with Gasteiger partial charge in [-0.2, -0.15) is 0 Å². The Balaban J connectivity index is 1.06. The highest BCUT2D eigenvalue weighted by molar-refractivity contribution is 6.33. The van der Waals surface area contributed by atoms with E-state index in [1.54, 1.807) is 49.1 Å². The highest BCUT2D eigenvalue weighted by Crippen LogP contribution is 2.44. The van der Waals surface area contributed by atoms with Crippen molar-refractivity contribution in [3.63, 3.8) is 0 Å². The van der Waals surface area contributed by atoms with Crippen LogP contribution >= 0.6 is 23.2 Å². The van der Waals surface area contributed by atoms with E-state index in [-0.39, 0.29) is 50.9 Å². The molecule has 15 nitrogen and oxygen atoms in total. The van der Waals surface area contributed by atoms with Gasteiger partial charge in [0.2, 0.25) is 0 Å². The van der Waals surface area contributed by atoms with Gasteiger partial charge in [0.05, 0.1) is 70.4 Å². The number of benzene rings is 4.